The standard InChI is InChI=1S/C11H14BrNO/c1-14-10-5-2-8(11(12)6-10)7-13-9-3-4-9/h2,5-6,9,13H,3-4,7H2,1H3. The van der Waals surface area contributed by atoms with Gasteiger partial charge in [0.15, 0.2) is 0 Å². The minimum atomic E-state index is 0.754. The summed E-state index contributed by atoms with van der Waals surface area (Å²) in [6.07, 6.45) is 2.65. The third-order valence-electron chi connectivity index (χ3n) is 2.42. The third-order valence-corrected chi connectivity index (χ3v) is 3.16. The normalized spacial score (nSPS) is 15.6. The fourth-order valence-electron chi connectivity index (χ4n) is 1.34. The van der Waals surface area contributed by atoms with Gasteiger partial charge in [-0.2, -0.15) is 0 Å². The van der Waals surface area contributed by atoms with Crippen LogP contribution in [0.15, 0.2) is 22.7 Å². The topological polar surface area (TPSA) is 21.3 Å². The molecule has 0 aromatic heterocycles. The van der Waals surface area contributed by atoms with E-state index in [0.29, 0.717) is 0 Å². The summed E-state index contributed by atoms with van der Waals surface area (Å²) in [6.45, 7) is 0.940. The summed E-state index contributed by atoms with van der Waals surface area (Å²) in [4.78, 5) is 0. The van der Waals surface area contributed by atoms with Crippen molar-refractivity contribution in [2.45, 2.75) is 25.4 Å². The largest absolute Gasteiger partial charge is 0.497 e. The molecule has 0 aliphatic heterocycles. The molecule has 1 aliphatic rings. The Balaban J connectivity index is 2.01. The van der Waals surface area contributed by atoms with Crippen molar-refractivity contribution < 1.29 is 4.74 Å². The summed E-state index contributed by atoms with van der Waals surface area (Å²) in [5, 5.41) is 3.48. The van der Waals surface area contributed by atoms with Crippen LogP contribution in [0, 0.1) is 0 Å². The van der Waals surface area contributed by atoms with Crippen molar-refractivity contribution in [3.63, 3.8) is 0 Å². The smallest absolute Gasteiger partial charge is 0.120 e. The molecule has 1 aliphatic carbocycles. The zero-order chi connectivity index (χ0) is 9.97. The van der Waals surface area contributed by atoms with Crippen molar-refractivity contribution in [1.29, 1.82) is 0 Å². The van der Waals surface area contributed by atoms with E-state index in [1.165, 1.54) is 18.4 Å². The SMILES string of the molecule is COc1ccc(CNC2CC2)c(Br)c1. The molecule has 1 N–H and O–H groups in total. The lowest BCUT2D eigenvalue weighted by Gasteiger charge is -2.07. The number of methoxy groups -OCH3 is 1. The highest BCUT2D eigenvalue weighted by molar-refractivity contribution is 9.10. The van der Waals surface area contributed by atoms with Crippen molar-refractivity contribution in [3.8, 4) is 5.75 Å². The van der Waals surface area contributed by atoms with E-state index in [9.17, 15) is 0 Å². The van der Waals surface area contributed by atoms with E-state index in [4.69, 9.17) is 4.74 Å². The van der Waals surface area contributed by atoms with Crippen molar-refractivity contribution >= 4 is 15.9 Å². The van der Waals surface area contributed by atoms with Crippen molar-refractivity contribution in [2.75, 3.05) is 7.11 Å². The molecule has 0 unspecified atom stereocenters. The molecule has 1 fully saturated rings. The van der Waals surface area contributed by atoms with Gasteiger partial charge in [0.1, 0.15) is 5.75 Å². The third kappa shape index (κ3) is 2.49. The van der Waals surface area contributed by atoms with E-state index < -0.39 is 0 Å². The van der Waals surface area contributed by atoms with Gasteiger partial charge in [0.25, 0.3) is 0 Å². The summed E-state index contributed by atoms with van der Waals surface area (Å²) < 4.78 is 6.25. The fraction of sp³-hybridized carbons (Fsp3) is 0.455. The Morgan fingerprint density at radius 3 is 2.86 bits per heavy atom. The van der Waals surface area contributed by atoms with Crippen LogP contribution < -0.4 is 10.1 Å². The molecule has 1 aromatic carbocycles. The van der Waals surface area contributed by atoms with Gasteiger partial charge in [-0.05, 0) is 30.5 Å². The molecule has 0 heterocycles. The Hall–Kier alpha value is -0.540. The minimum absolute atomic E-state index is 0.754. The molecular weight excluding hydrogens is 242 g/mol. The first-order valence-electron chi connectivity index (χ1n) is 4.85. The van der Waals surface area contributed by atoms with Crippen LogP contribution in [0.25, 0.3) is 0 Å². The first-order chi connectivity index (χ1) is 6.79. The summed E-state index contributed by atoms with van der Waals surface area (Å²) in [6, 6.07) is 6.85. The Bertz CT molecular complexity index is 323. The quantitative estimate of drug-likeness (QED) is 0.894. The van der Waals surface area contributed by atoms with Gasteiger partial charge in [-0.15, -0.1) is 0 Å². The lowest BCUT2D eigenvalue weighted by atomic mass is 10.2. The van der Waals surface area contributed by atoms with Crippen LogP contribution in [-0.4, -0.2) is 13.2 Å². The monoisotopic (exact) mass is 255 g/mol. The van der Waals surface area contributed by atoms with Crippen molar-refractivity contribution in [3.05, 3.63) is 28.2 Å². The number of benzene rings is 1. The molecule has 0 bridgehead atoms. The van der Waals surface area contributed by atoms with Crippen LogP contribution in [0.4, 0.5) is 0 Å². The van der Waals surface area contributed by atoms with Crippen LogP contribution in [0.2, 0.25) is 0 Å². The maximum absolute atomic E-state index is 5.14. The van der Waals surface area contributed by atoms with E-state index in [1.807, 2.05) is 12.1 Å². The number of ether oxygens (including phenoxy) is 1. The summed E-state index contributed by atoms with van der Waals surface area (Å²) >= 11 is 3.54. The molecule has 2 rings (SSSR count). The first kappa shape index (κ1) is 9.99. The molecule has 0 radical (unpaired) electrons. The van der Waals surface area contributed by atoms with Crippen molar-refractivity contribution in [2.24, 2.45) is 0 Å². The molecule has 0 atom stereocenters. The van der Waals surface area contributed by atoms with E-state index in [2.05, 4.69) is 27.3 Å². The summed E-state index contributed by atoms with van der Waals surface area (Å²) in [7, 11) is 1.68. The number of rotatable bonds is 4. The Morgan fingerprint density at radius 2 is 2.29 bits per heavy atom. The summed E-state index contributed by atoms with van der Waals surface area (Å²) in [5.74, 6) is 0.895. The second-order valence-electron chi connectivity index (χ2n) is 3.61. The zero-order valence-electron chi connectivity index (χ0n) is 8.22. The predicted molar refractivity (Wildman–Crippen MR) is 60.6 cm³/mol. The zero-order valence-corrected chi connectivity index (χ0v) is 9.80. The molecule has 76 valence electrons. The molecular formula is C11H14BrNO. The maximum atomic E-state index is 5.14. The highest BCUT2D eigenvalue weighted by atomic mass is 79.9. The lowest BCUT2D eigenvalue weighted by Crippen LogP contribution is -2.15. The van der Waals surface area contributed by atoms with Gasteiger partial charge >= 0.3 is 0 Å². The van der Waals surface area contributed by atoms with Crippen LogP contribution in [-0.2, 0) is 6.54 Å². The van der Waals surface area contributed by atoms with Crippen molar-refractivity contribution in [1.82, 2.24) is 5.32 Å². The summed E-state index contributed by atoms with van der Waals surface area (Å²) in [5.41, 5.74) is 1.29. The number of hydrogen-bond donors (Lipinski definition) is 1. The van der Waals surface area contributed by atoms with Gasteiger partial charge in [0.2, 0.25) is 0 Å². The average Bonchev–Trinajstić information content (AvgIpc) is 2.99. The van der Waals surface area contributed by atoms with E-state index >= 15 is 0 Å². The Morgan fingerprint density at radius 1 is 1.50 bits per heavy atom. The molecule has 0 amide bonds. The average molecular weight is 256 g/mol. The molecule has 2 nitrogen and oxygen atoms in total. The number of halogens is 1. The molecule has 1 saturated carbocycles. The second kappa shape index (κ2) is 4.32. The van der Waals surface area contributed by atoms with Crippen LogP contribution in [0.3, 0.4) is 0 Å². The number of nitrogens with one attached hydrogen (secondary N) is 1. The van der Waals surface area contributed by atoms with Gasteiger partial charge in [-0.25, -0.2) is 0 Å². The molecule has 14 heavy (non-hydrogen) atoms. The second-order valence-corrected chi connectivity index (χ2v) is 4.47. The molecule has 3 heteroatoms. The van der Waals surface area contributed by atoms with Gasteiger partial charge in [-0.3, -0.25) is 0 Å². The fourth-order valence-corrected chi connectivity index (χ4v) is 1.84. The van der Waals surface area contributed by atoms with E-state index in [1.54, 1.807) is 7.11 Å². The number of hydrogen-bond acceptors (Lipinski definition) is 2. The molecule has 0 spiro atoms. The van der Waals surface area contributed by atoms with E-state index in [-0.39, 0.29) is 0 Å². The highest BCUT2D eigenvalue weighted by Crippen LogP contribution is 2.24. The van der Waals surface area contributed by atoms with Crippen LogP contribution in [0.5, 0.6) is 5.75 Å². The van der Waals surface area contributed by atoms with Crippen LogP contribution >= 0.6 is 15.9 Å². The Labute approximate surface area is 92.8 Å². The van der Waals surface area contributed by atoms with Crippen LogP contribution in [0.1, 0.15) is 18.4 Å². The van der Waals surface area contributed by atoms with Gasteiger partial charge in [0, 0.05) is 17.1 Å². The minimum Gasteiger partial charge on any atom is -0.497 e. The maximum Gasteiger partial charge on any atom is 0.120 e. The predicted octanol–water partition coefficient (Wildman–Crippen LogP) is 2.71. The van der Waals surface area contributed by atoms with Gasteiger partial charge in [0.05, 0.1) is 7.11 Å². The van der Waals surface area contributed by atoms with E-state index in [0.717, 1.165) is 22.8 Å². The molecule has 1 aromatic rings. The highest BCUT2D eigenvalue weighted by Gasteiger charge is 2.20. The lowest BCUT2D eigenvalue weighted by molar-refractivity contribution is 0.414. The first-order valence-corrected chi connectivity index (χ1v) is 5.64. The van der Waals surface area contributed by atoms with Gasteiger partial charge in [-0.1, -0.05) is 22.0 Å². The van der Waals surface area contributed by atoms with Gasteiger partial charge < -0.3 is 10.1 Å². The Kier molecular flexibility index (Phi) is 3.08. The molecule has 0 saturated heterocycles.